The summed E-state index contributed by atoms with van der Waals surface area (Å²) < 4.78 is 39.2. The predicted octanol–water partition coefficient (Wildman–Crippen LogP) is 3.07. The summed E-state index contributed by atoms with van der Waals surface area (Å²) in [7, 11) is 0. The van der Waals surface area contributed by atoms with Crippen molar-refractivity contribution in [3.8, 4) is 0 Å². The Bertz CT molecular complexity index is 921. The Labute approximate surface area is 165 Å². The Balaban J connectivity index is 1.44. The third-order valence-corrected chi connectivity index (χ3v) is 6.90. The van der Waals surface area contributed by atoms with Gasteiger partial charge in [0.1, 0.15) is 6.67 Å². The molecule has 1 heterocycles. The van der Waals surface area contributed by atoms with E-state index in [0.717, 1.165) is 28.4 Å². The Morgan fingerprint density at radius 3 is 2.21 bits per heavy atom. The highest BCUT2D eigenvalue weighted by atomic mass is 19.4. The van der Waals surface area contributed by atoms with Crippen LogP contribution in [-0.2, 0) is 20.6 Å². The minimum Gasteiger partial charge on any atom is -0.294 e. The first-order valence-electron chi connectivity index (χ1n) is 9.67. The summed E-state index contributed by atoms with van der Waals surface area (Å²) in [5, 5.41) is 0. The zero-order valence-electron chi connectivity index (χ0n) is 15.6. The van der Waals surface area contributed by atoms with Gasteiger partial charge in [-0.15, -0.1) is 0 Å². The summed E-state index contributed by atoms with van der Waals surface area (Å²) >= 11 is 0. The molecule has 4 aliphatic carbocycles. The molecule has 0 radical (unpaired) electrons. The molecule has 0 aromatic heterocycles. The fraction of sp³-hybridized carbons (Fsp3) is 0.476. The van der Waals surface area contributed by atoms with Crippen molar-refractivity contribution in [1.29, 1.82) is 0 Å². The fourth-order valence-corrected chi connectivity index (χ4v) is 5.51. The van der Waals surface area contributed by atoms with E-state index in [-0.39, 0.29) is 36.0 Å². The molecule has 0 spiro atoms. The molecule has 1 saturated heterocycles. The number of anilines is 1. The van der Waals surface area contributed by atoms with Crippen LogP contribution in [0.3, 0.4) is 0 Å². The molecule has 5 aliphatic rings. The van der Waals surface area contributed by atoms with Gasteiger partial charge in [0.15, 0.2) is 0 Å². The van der Waals surface area contributed by atoms with E-state index in [1.807, 2.05) is 12.2 Å². The summed E-state index contributed by atoms with van der Waals surface area (Å²) in [6, 6.07) is 4.35. The minimum atomic E-state index is -4.56. The Morgan fingerprint density at radius 1 is 1.10 bits per heavy atom. The first-order valence-corrected chi connectivity index (χ1v) is 9.67. The molecule has 29 heavy (non-hydrogen) atoms. The van der Waals surface area contributed by atoms with Crippen molar-refractivity contribution in [1.82, 2.24) is 4.90 Å². The minimum absolute atomic E-state index is 0.00624. The van der Waals surface area contributed by atoms with Gasteiger partial charge in [-0.3, -0.25) is 24.2 Å². The molecule has 2 saturated carbocycles. The van der Waals surface area contributed by atoms with Crippen LogP contribution in [0.5, 0.6) is 0 Å². The molecule has 8 heteroatoms. The van der Waals surface area contributed by atoms with E-state index < -0.39 is 29.5 Å². The van der Waals surface area contributed by atoms with Crippen LogP contribution in [-0.4, -0.2) is 29.3 Å². The van der Waals surface area contributed by atoms with Crippen molar-refractivity contribution >= 4 is 23.4 Å². The summed E-state index contributed by atoms with van der Waals surface area (Å²) in [6.07, 6.45) is 0.576. The number of likely N-dealkylation sites (tertiary alicyclic amines) is 1. The number of allylic oxidation sites excluding steroid dienone is 2. The zero-order chi connectivity index (χ0) is 20.7. The summed E-state index contributed by atoms with van der Waals surface area (Å²) in [5.41, 5.74) is -0.886. The van der Waals surface area contributed by atoms with Gasteiger partial charge in [-0.2, -0.15) is 13.2 Å². The Morgan fingerprint density at radius 2 is 1.69 bits per heavy atom. The van der Waals surface area contributed by atoms with Gasteiger partial charge in [0, 0.05) is 12.6 Å². The summed E-state index contributed by atoms with van der Waals surface area (Å²) in [5.74, 6) is -0.972. The average Bonchev–Trinajstić information content (AvgIpc) is 3.45. The monoisotopic (exact) mass is 404 g/mol. The van der Waals surface area contributed by atoms with Gasteiger partial charge < -0.3 is 0 Å². The summed E-state index contributed by atoms with van der Waals surface area (Å²) in [6.45, 7) is 0.842. The van der Waals surface area contributed by atoms with E-state index in [9.17, 15) is 27.6 Å². The normalized spacial score (nSPS) is 34.3. The first-order chi connectivity index (χ1) is 13.7. The number of imide groups is 1. The number of halogens is 3. The maximum absolute atomic E-state index is 13.1. The number of carbonyl (C=O) groups is 3. The van der Waals surface area contributed by atoms with Crippen molar-refractivity contribution < 1.29 is 27.6 Å². The lowest BCUT2D eigenvalue weighted by molar-refractivity contribution is -0.141. The average molecular weight is 404 g/mol. The van der Waals surface area contributed by atoms with Crippen LogP contribution in [0.1, 0.15) is 18.9 Å². The molecule has 0 N–H and O–H groups in total. The van der Waals surface area contributed by atoms with E-state index in [4.69, 9.17) is 0 Å². The number of amides is 3. The largest absolute Gasteiger partial charge is 0.416 e. The number of rotatable bonds is 3. The van der Waals surface area contributed by atoms with Crippen molar-refractivity contribution in [2.24, 2.45) is 35.5 Å². The quantitative estimate of drug-likeness (QED) is 0.575. The van der Waals surface area contributed by atoms with Crippen LogP contribution in [0.4, 0.5) is 18.9 Å². The molecule has 1 aromatic carbocycles. The maximum atomic E-state index is 13.1. The van der Waals surface area contributed by atoms with Crippen molar-refractivity contribution in [3.63, 3.8) is 0 Å². The van der Waals surface area contributed by atoms with Gasteiger partial charge in [0.05, 0.1) is 17.4 Å². The lowest BCUT2D eigenvalue weighted by Gasteiger charge is -2.37. The molecule has 6 atom stereocenters. The molecular weight excluding hydrogens is 385 g/mol. The molecule has 3 amide bonds. The van der Waals surface area contributed by atoms with Gasteiger partial charge in [0.25, 0.3) is 0 Å². The highest BCUT2D eigenvalue weighted by Gasteiger charge is 2.67. The molecule has 6 rings (SSSR count). The number of hydrogen-bond acceptors (Lipinski definition) is 3. The second-order valence-corrected chi connectivity index (χ2v) is 8.40. The number of alkyl halides is 3. The number of nitrogens with zero attached hydrogens (tertiary/aromatic N) is 2. The van der Waals surface area contributed by atoms with Crippen LogP contribution in [0.15, 0.2) is 36.4 Å². The van der Waals surface area contributed by atoms with Gasteiger partial charge in [-0.05, 0) is 48.3 Å². The first kappa shape index (κ1) is 18.4. The molecule has 1 aromatic rings. The fourth-order valence-electron chi connectivity index (χ4n) is 5.51. The molecule has 152 valence electrons. The molecule has 3 fully saturated rings. The van der Waals surface area contributed by atoms with E-state index in [1.54, 1.807) is 0 Å². The maximum Gasteiger partial charge on any atom is 0.416 e. The van der Waals surface area contributed by atoms with Crippen LogP contribution in [0.2, 0.25) is 0 Å². The molecule has 1 aliphatic heterocycles. The highest BCUT2D eigenvalue weighted by Crippen LogP contribution is 2.65. The Kier molecular flexibility index (Phi) is 3.76. The van der Waals surface area contributed by atoms with Gasteiger partial charge in [0.2, 0.25) is 17.7 Å². The Hall–Kier alpha value is -2.64. The van der Waals surface area contributed by atoms with Crippen molar-refractivity contribution in [3.05, 3.63) is 42.0 Å². The molecule has 2 bridgehead atoms. The van der Waals surface area contributed by atoms with Crippen LogP contribution in [0.25, 0.3) is 0 Å². The van der Waals surface area contributed by atoms with Crippen LogP contribution in [0, 0.1) is 35.5 Å². The van der Waals surface area contributed by atoms with Crippen molar-refractivity contribution in [2.75, 3.05) is 11.6 Å². The number of benzene rings is 1. The standard InChI is InChI=1S/C21H19F3N2O3/c1-10(27)25(12-4-2-3-11(7-12)21(22,23)24)9-26-19(28)17-13-5-6-14(16-8-15(13)16)18(17)20(26)29/h2-7,13-18H,8-9H2,1H3/t13-,14-,15-,16+,17+,18+/m0/s1. The SMILES string of the molecule is CC(=O)N(CN1C(=O)[C@@H]2[C@H]3C=C[C@@H]([C@@H]4C[C@H]34)[C@H]2C1=O)c1cccc(C(F)(F)F)c1. The zero-order valence-corrected chi connectivity index (χ0v) is 15.6. The van der Waals surface area contributed by atoms with Crippen molar-refractivity contribution in [2.45, 2.75) is 19.5 Å². The molecular formula is C21H19F3N2O3. The van der Waals surface area contributed by atoms with E-state index >= 15 is 0 Å². The lowest BCUT2D eigenvalue weighted by Crippen LogP contribution is -2.44. The smallest absolute Gasteiger partial charge is 0.294 e. The second kappa shape index (κ2) is 5.93. The van der Waals surface area contributed by atoms with Crippen LogP contribution < -0.4 is 4.90 Å². The van der Waals surface area contributed by atoms with Gasteiger partial charge in [-0.25, -0.2) is 0 Å². The topological polar surface area (TPSA) is 57.7 Å². The number of hydrogen-bond donors (Lipinski definition) is 0. The molecule has 0 unspecified atom stereocenters. The second-order valence-electron chi connectivity index (χ2n) is 8.40. The summed E-state index contributed by atoms with van der Waals surface area (Å²) in [4.78, 5) is 40.5. The lowest BCUT2D eigenvalue weighted by atomic mass is 9.63. The predicted molar refractivity (Wildman–Crippen MR) is 96.0 cm³/mol. The van der Waals surface area contributed by atoms with Gasteiger partial charge in [-0.1, -0.05) is 18.2 Å². The van der Waals surface area contributed by atoms with Crippen LogP contribution >= 0.6 is 0 Å². The molecule has 5 nitrogen and oxygen atoms in total. The van der Waals surface area contributed by atoms with E-state index in [0.29, 0.717) is 11.8 Å². The van der Waals surface area contributed by atoms with Gasteiger partial charge >= 0.3 is 6.18 Å². The van der Waals surface area contributed by atoms with E-state index in [1.165, 1.54) is 19.1 Å². The van der Waals surface area contributed by atoms with E-state index in [2.05, 4.69) is 0 Å². The third kappa shape index (κ3) is 2.64. The third-order valence-electron chi connectivity index (χ3n) is 6.90. The highest BCUT2D eigenvalue weighted by molar-refractivity contribution is 6.07. The number of carbonyl (C=O) groups excluding carboxylic acids is 3.